The number of aromatic nitrogens is 1. The molecular formula is C15H15NO2. The van der Waals surface area contributed by atoms with Crippen molar-refractivity contribution in [1.82, 2.24) is 4.98 Å². The molecule has 1 aromatic rings. The lowest BCUT2D eigenvalue weighted by Crippen LogP contribution is -2.16. The number of Topliss-reactive ketones (excluding diaryl/α,β-unsaturated/α-hetero) is 1. The van der Waals surface area contributed by atoms with Crippen LogP contribution in [0.2, 0.25) is 0 Å². The van der Waals surface area contributed by atoms with Crippen molar-refractivity contribution in [3.63, 3.8) is 0 Å². The first-order chi connectivity index (χ1) is 8.83. The smallest absolute Gasteiger partial charge is 0.225 e. The fourth-order valence-electron chi connectivity index (χ4n) is 2.45. The highest BCUT2D eigenvalue weighted by atomic mass is 16.5. The first-order valence-corrected chi connectivity index (χ1v) is 6.51. The number of rotatable bonds is 0. The van der Waals surface area contributed by atoms with E-state index in [4.69, 9.17) is 4.74 Å². The number of pyridine rings is 1. The van der Waals surface area contributed by atoms with Crippen molar-refractivity contribution >= 4 is 5.78 Å². The third-order valence-corrected chi connectivity index (χ3v) is 3.49. The van der Waals surface area contributed by atoms with E-state index in [-0.39, 0.29) is 5.78 Å². The van der Waals surface area contributed by atoms with Gasteiger partial charge in [-0.15, -0.1) is 0 Å². The quantitative estimate of drug-likeness (QED) is 0.655. The second kappa shape index (κ2) is 4.81. The lowest BCUT2D eigenvalue weighted by molar-refractivity contribution is 0.0929. The summed E-state index contributed by atoms with van der Waals surface area (Å²) in [5.41, 5.74) is 1.29. The number of fused-ring (bicyclic) bond motifs is 1. The van der Waals surface area contributed by atoms with Gasteiger partial charge in [-0.2, -0.15) is 0 Å². The molecule has 0 aromatic carbocycles. The predicted octanol–water partition coefficient (Wildman–Crippen LogP) is 2.59. The second-order valence-corrected chi connectivity index (χ2v) is 4.82. The summed E-state index contributed by atoms with van der Waals surface area (Å²) in [4.78, 5) is 15.9. The summed E-state index contributed by atoms with van der Waals surface area (Å²) < 4.78 is 5.41. The summed E-state index contributed by atoms with van der Waals surface area (Å²) in [6.07, 6.45) is 5.42. The molecule has 1 aliphatic carbocycles. The summed E-state index contributed by atoms with van der Waals surface area (Å²) in [5, 5.41) is 0. The Morgan fingerprint density at radius 2 is 2.11 bits per heavy atom. The highest BCUT2D eigenvalue weighted by molar-refractivity contribution is 5.99. The Hall–Kier alpha value is -1.82. The molecule has 1 fully saturated rings. The van der Waals surface area contributed by atoms with E-state index < -0.39 is 0 Å². The Balaban J connectivity index is 1.83. The van der Waals surface area contributed by atoms with Gasteiger partial charge in [-0.05, 0) is 30.9 Å². The molecule has 18 heavy (non-hydrogen) atoms. The Kier molecular flexibility index (Phi) is 3.02. The minimum Gasteiger partial charge on any atom is -0.477 e. The van der Waals surface area contributed by atoms with E-state index in [1.54, 1.807) is 6.07 Å². The molecule has 92 valence electrons. The summed E-state index contributed by atoms with van der Waals surface area (Å²) in [7, 11) is 0. The van der Waals surface area contributed by atoms with Crippen molar-refractivity contribution in [2.75, 3.05) is 6.61 Å². The van der Waals surface area contributed by atoms with Gasteiger partial charge in [-0.1, -0.05) is 18.8 Å². The highest BCUT2D eigenvalue weighted by Gasteiger charge is 2.19. The molecule has 0 N–H and O–H groups in total. The fraction of sp³-hybridized carbons (Fsp3) is 0.467. The van der Waals surface area contributed by atoms with Gasteiger partial charge in [0.2, 0.25) is 5.88 Å². The third kappa shape index (κ3) is 2.24. The third-order valence-electron chi connectivity index (χ3n) is 3.49. The topological polar surface area (TPSA) is 39.2 Å². The lowest BCUT2D eigenvalue weighted by Gasteiger charge is -2.14. The van der Waals surface area contributed by atoms with Crippen LogP contribution in [-0.2, 0) is 0 Å². The van der Waals surface area contributed by atoms with Gasteiger partial charge in [0.15, 0.2) is 5.78 Å². The van der Waals surface area contributed by atoms with Gasteiger partial charge in [0.05, 0.1) is 12.2 Å². The van der Waals surface area contributed by atoms with Crippen LogP contribution >= 0.6 is 0 Å². The van der Waals surface area contributed by atoms with Crippen LogP contribution in [-0.4, -0.2) is 17.4 Å². The van der Waals surface area contributed by atoms with Crippen molar-refractivity contribution < 1.29 is 9.53 Å². The normalized spacial score (nSPS) is 18.8. The van der Waals surface area contributed by atoms with Crippen LogP contribution in [0, 0.1) is 17.8 Å². The molecular weight excluding hydrogens is 226 g/mol. The maximum absolute atomic E-state index is 11.6. The molecule has 3 rings (SSSR count). The first kappa shape index (κ1) is 11.3. The van der Waals surface area contributed by atoms with E-state index in [0.717, 1.165) is 0 Å². The first-order valence-electron chi connectivity index (χ1n) is 6.51. The zero-order chi connectivity index (χ0) is 12.4. The summed E-state index contributed by atoms with van der Waals surface area (Å²) in [5.74, 6) is 7.44. The molecule has 0 atom stereocenters. The second-order valence-electron chi connectivity index (χ2n) is 4.82. The minimum absolute atomic E-state index is 0.110. The number of ketones is 1. The zero-order valence-corrected chi connectivity index (χ0v) is 10.2. The molecule has 1 aliphatic heterocycles. The number of hydrogen-bond donors (Lipinski definition) is 0. The van der Waals surface area contributed by atoms with Gasteiger partial charge in [-0.3, -0.25) is 4.79 Å². The van der Waals surface area contributed by atoms with E-state index in [0.29, 0.717) is 36.1 Å². The van der Waals surface area contributed by atoms with Crippen LogP contribution in [0.5, 0.6) is 5.88 Å². The maximum Gasteiger partial charge on any atom is 0.225 e. The monoisotopic (exact) mass is 241 g/mol. The average Bonchev–Trinajstić information content (AvgIpc) is 2.90. The van der Waals surface area contributed by atoms with Crippen molar-refractivity contribution in [3.05, 3.63) is 23.4 Å². The molecule has 0 spiro atoms. The van der Waals surface area contributed by atoms with E-state index in [1.807, 2.05) is 6.07 Å². The van der Waals surface area contributed by atoms with Crippen molar-refractivity contribution in [3.8, 4) is 17.7 Å². The Morgan fingerprint density at radius 1 is 1.28 bits per heavy atom. The van der Waals surface area contributed by atoms with Gasteiger partial charge >= 0.3 is 0 Å². The fourth-order valence-corrected chi connectivity index (χ4v) is 2.45. The van der Waals surface area contributed by atoms with Gasteiger partial charge in [0, 0.05) is 12.3 Å². The van der Waals surface area contributed by atoms with Crippen molar-refractivity contribution in [2.45, 2.75) is 32.1 Å². The van der Waals surface area contributed by atoms with Crippen LogP contribution in [0.3, 0.4) is 0 Å². The minimum atomic E-state index is 0.110. The van der Waals surface area contributed by atoms with Gasteiger partial charge in [-0.25, -0.2) is 4.98 Å². The predicted molar refractivity (Wildman–Crippen MR) is 67.5 cm³/mol. The lowest BCUT2D eigenvalue weighted by atomic mass is 10.1. The molecule has 1 saturated carbocycles. The van der Waals surface area contributed by atoms with Crippen LogP contribution in [0.1, 0.15) is 48.2 Å². The largest absolute Gasteiger partial charge is 0.477 e. The number of carbonyl (C=O) groups excluding carboxylic acids is 1. The number of nitrogens with zero attached hydrogens (tertiary/aromatic N) is 1. The summed E-state index contributed by atoms with van der Waals surface area (Å²) >= 11 is 0. The van der Waals surface area contributed by atoms with Crippen molar-refractivity contribution in [1.29, 1.82) is 0 Å². The van der Waals surface area contributed by atoms with E-state index in [1.165, 1.54) is 25.7 Å². The van der Waals surface area contributed by atoms with Crippen LogP contribution < -0.4 is 4.74 Å². The summed E-state index contributed by atoms with van der Waals surface area (Å²) in [6.45, 7) is 0.429. The van der Waals surface area contributed by atoms with Crippen molar-refractivity contribution in [2.24, 2.45) is 5.92 Å². The maximum atomic E-state index is 11.6. The van der Waals surface area contributed by atoms with Crippen LogP contribution in [0.4, 0.5) is 0 Å². The van der Waals surface area contributed by atoms with E-state index >= 15 is 0 Å². The SMILES string of the molecule is O=C1CCOc2nc(C#CC3CCCC3)ccc21. The van der Waals surface area contributed by atoms with Gasteiger partial charge < -0.3 is 4.74 Å². The molecule has 0 unspecified atom stereocenters. The number of carbonyl (C=O) groups is 1. The van der Waals surface area contributed by atoms with Gasteiger partial charge in [0.25, 0.3) is 0 Å². The molecule has 0 amide bonds. The molecule has 3 nitrogen and oxygen atoms in total. The van der Waals surface area contributed by atoms with Gasteiger partial charge in [0.1, 0.15) is 5.69 Å². The number of hydrogen-bond acceptors (Lipinski definition) is 3. The molecule has 2 heterocycles. The van der Waals surface area contributed by atoms with Crippen LogP contribution in [0.25, 0.3) is 0 Å². The van der Waals surface area contributed by atoms with Crippen LogP contribution in [0.15, 0.2) is 12.1 Å². The zero-order valence-electron chi connectivity index (χ0n) is 10.2. The molecule has 0 radical (unpaired) electrons. The average molecular weight is 241 g/mol. The molecule has 3 heteroatoms. The van der Waals surface area contributed by atoms with E-state index in [9.17, 15) is 4.79 Å². The standard InChI is InChI=1S/C15H15NO2/c17-14-9-10-18-15-13(14)8-7-12(16-15)6-5-11-3-1-2-4-11/h7-8,11H,1-4,9-10H2. The Labute approximate surface area is 107 Å². The van der Waals surface area contributed by atoms with E-state index in [2.05, 4.69) is 16.8 Å². The Morgan fingerprint density at radius 3 is 2.94 bits per heavy atom. The molecule has 2 aliphatic rings. The summed E-state index contributed by atoms with van der Waals surface area (Å²) in [6, 6.07) is 3.59. The molecule has 0 bridgehead atoms. The molecule has 1 aromatic heterocycles. The highest BCUT2D eigenvalue weighted by Crippen LogP contribution is 2.24. The Bertz CT molecular complexity index is 533. The number of ether oxygens (including phenoxy) is 1. The molecule has 0 saturated heterocycles.